The Morgan fingerprint density at radius 1 is 1.65 bits per heavy atom. The molecule has 1 aromatic carbocycles. The van der Waals surface area contributed by atoms with Gasteiger partial charge in [0.05, 0.1) is 36.9 Å². The van der Waals surface area contributed by atoms with E-state index in [-0.39, 0.29) is 12.5 Å². The number of carboxylic acids is 1. The van der Waals surface area contributed by atoms with E-state index in [0.29, 0.717) is 25.3 Å². The predicted octanol–water partition coefficient (Wildman–Crippen LogP) is 1.96. The zero-order valence-electron chi connectivity index (χ0n) is 11.2. The lowest BCUT2D eigenvalue weighted by atomic mass is 10.1. The molecule has 0 saturated carbocycles. The van der Waals surface area contributed by atoms with Crippen LogP contribution in [-0.2, 0) is 9.53 Å². The highest BCUT2D eigenvalue weighted by Crippen LogP contribution is 2.31. The Bertz CT molecular complexity index is 542. The zero-order chi connectivity index (χ0) is 14.5. The molecular formula is C14H16N2O3S. The maximum atomic E-state index is 11.0. The van der Waals surface area contributed by atoms with Crippen LogP contribution in [0, 0.1) is 11.3 Å². The Hall–Kier alpha value is -1.71. The van der Waals surface area contributed by atoms with E-state index in [1.54, 1.807) is 0 Å². The summed E-state index contributed by atoms with van der Waals surface area (Å²) in [7, 11) is 0. The van der Waals surface area contributed by atoms with Gasteiger partial charge in [-0.15, -0.1) is 11.8 Å². The van der Waals surface area contributed by atoms with Crippen LogP contribution in [0.25, 0.3) is 0 Å². The monoisotopic (exact) mass is 292 g/mol. The van der Waals surface area contributed by atoms with Crippen molar-refractivity contribution in [3.63, 3.8) is 0 Å². The van der Waals surface area contributed by atoms with Crippen LogP contribution in [0.3, 0.4) is 0 Å². The number of thioether (sulfide) groups is 1. The van der Waals surface area contributed by atoms with Crippen LogP contribution < -0.4 is 4.90 Å². The highest BCUT2D eigenvalue weighted by Gasteiger charge is 2.27. The summed E-state index contributed by atoms with van der Waals surface area (Å²) < 4.78 is 5.37. The molecule has 0 bridgehead atoms. The van der Waals surface area contributed by atoms with Crippen LogP contribution >= 0.6 is 11.8 Å². The third-order valence-corrected chi connectivity index (χ3v) is 4.06. The molecule has 1 unspecified atom stereocenters. The first-order valence-corrected chi connectivity index (χ1v) is 7.53. The second-order valence-electron chi connectivity index (χ2n) is 4.49. The molecule has 2 rings (SSSR count). The molecule has 1 saturated heterocycles. The van der Waals surface area contributed by atoms with Crippen molar-refractivity contribution in [1.82, 2.24) is 0 Å². The predicted molar refractivity (Wildman–Crippen MR) is 77.1 cm³/mol. The zero-order valence-corrected chi connectivity index (χ0v) is 12.0. The average Bonchev–Trinajstić information content (AvgIpc) is 2.46. The van der Waals surface area contributed by atoms with Crippen LogP contribution in [0.1, 0.15) is 12.0 Å². The second kappa shape index (κ2) is 6.64. The highest BCUT2D eigenvalue weighted by molar-refractivity contribution is 7.98. The van der Waals surface area contributed by atoms with Crippen molar-refractivity contribution in [3.8, 4) is 6.07 Å². The summed E-state index contributed by atoms with van der Waals surface area (Å²) in [6, 6.07) is 7.68. The minimum Gasteiger partial charge on any atom is -0.481 e. The first-order valence-electron chi connectivity index (χ1n) is 6.30. The van der Waals surface area contributed by atoms with Crippen LogP contribution in [-0.4, -0.2) is 43.1 Å². The molecule has 1 fully saturated rings. The highest BCUT2D eigenvalue weighted by atomic mass is 32.2. The molecule has 20 heavy (non-hydrogen) atoms. The first kappa shape index (κ1) is 14.7. The molecule has 1 aromatic rings. The number of carboxylic acid groups (broad SMARTS) is 1. The van der Waals surface area contributed by atoms with Crippen LogP contribution in [0.5, 0.6) is 0 Å². The summed E-state index contributed by atoms with van der Waals surface area (Å²) in [5.41, 5.74) is 1.41. The minimum atomic E-state index is -0.856. The number of nitriles is 1. The van der Waals surface area contributed by atoms with Crippen LogP contribution in [0.15, 0.2) is 23.1 Å². The molecule has 1 aliphatic heterocycles. The van der Waals surface area contributed by atoms with Crippen molar-refractivity contribution in [2.45, 2.75) is 17.4 Å². The first-order chi connectivity index (χ1) is 9.67. The molecule has 6 heteroatoms. The lowest BCUT2D eigenvalue weighted by Crippen LogP contribution is -2.47. The van der Waals surface area contributed by atoms with Gasteiger partial charge in [0.1, 0.15) is 6.07 Å². The topological polar surface area (TPSA) is 73.6 Å². The Morgan fingerprint density at radius 3 is 3.10 bits per heavy atom. The maximum Gasteiger partial charge on any atom is 0.305 e. The van der Waals surface area contributed by atoms with Gasteiger partial charge in [0.15, 0.2) is 0 Å². The largest absolute Gasteiger partial charge is 0.481 e. The number of carbonyl (C=O) groups is 1. The molecule has 1 atom stereocenters. The Balaban J connectivity index is 2.37. The lowest BCUT2D eigenvalue weighted by Gasteiger charge is -2.37. The van der Waals surface area contributed by atoms with E-state index in [4.69, 9.17) is 9.84 Å². The summed E-state index contributed by atoms with van der Waals surface area (Å²) in [5.74, 6) is -0.856. The van der Waals surface area contributed by atoms with E-state index in [9.17, 15) is 10.1 Å². The number of benzene rings is 1. The molecule has 0 aliphatic carbocycles. The van der Waals surface area contributed by atoms with Crippen molar-refractivity contribution >= 4 is 23.4 Å². The molecule has 1 heterocycles. The van der Waals surface area contributed by atoms with Crippen molar-refractivity contribution in [2.24, 2.45) is 0 Å². The van der Waals surface area contributed by atoms with Gasteiger partial charge in [0.2, 0.25) is 0 Å². The fourth-order valence-electron chi connectivity index (χ4n) is 2.38. The van der Waals surface area contributed by atoms with Gasteiger partial charge in [-0.05, 0) is 18.4 Å². The molecule has 1 N–H and O–H groups in total. The SMILES string of the molecule is CSc1cccc(N2CCOCC2CC(=O)O)c1C#N. The van der Waals surface area contributed by atoms with E-state index in [2.05, 4.69) is 6.07 Å². The number of nitrogens with zero attached hydrogens (tertiary/aromatic N) is 2. The molecule has 5 nitrogen and oxygen atoms in total. The summed E-state index contributed by atoms with van der Waals surface area (Å²) in [6.45, 7) is 1.52. The summed E-state index contributed by atoms with van der Waals surface area (Å²) in [4.78, 5) is 13.9. The Labute approximate surface area is 122 Å². The lowest BCUT2D eigenvalue weighted by molar-refractivity contribution is -0.138. The standard InChI is InChI=1S/C14H16N2O3S/c1-20-13-4-2-3-12(11(13)8-15)16-5-6-19-9-10(16)7-14(17)18/h2-4,10H,5-7,9H2,1H3,(H,17,18). The van der Waals surface area contributed by atoms with Gasteiger partial charge >= 0.3 is 5.97 Å². The average molecular weight is 292 g/mol. The number of ether oxygens (including phenoxy) is 1. The van der Waals surface area contributed by atoms with E-state index < -0.39 is 5.97 Å². The number of anilines is 1. The van der Waals surface area contributed by atoms with Crippen molar-refractivity contribution < 1.29 is 14.6 Å². The summed E-state index contributed by atoms with van der Waals surface area (Å²) in [5, 5.41) is 18.4. The molecular weight excluding hydrogens is 276 g/mol. The number of morpholine rings is 1. The van der Waals surface area contributed by atoms with E-state index in [1.807, 2.05) is 29.4 Å². The Kier molecular flexibility index (Phi) is 4.88. The Morgan fingerprint density at radius 2 is 2.45 bits per heavy atom. The van der Waals surface area contributed by atoms with Gasteiger partial charge in [-0.1, -0.05) is 6.07 Å². The summed E-state index contributed by atoms with van der Waals surface area (Å²) in [6.07, 6.45) is 1.93. The van der Waals surface area contributed by atoms with Crippen molar-refractivity contribution in [1.29, 1.82) is 5.26 Å². The second-order valence-corrected chi connectivity index (χ2v) is 5.33. The minimum absolute atomic E-state index is 0.00830. The van der Waals surface area contributed by atoms with Crippen molar-refractivity contribution in [3.05, 3.63) is 23.8 Å². The van der Waals surface area contributed by atoms with Gasteiger partial charge in [-0.25, -0.2) is 0 Å². The summed E-state index contributed by atoms with van der Waals surface area (Å²) >= 11 is 1.52. The molecule has 1 aliphatic rings. The van der Waals surface area contributed by atoms with Gasteiger partial charge in [0.25, 0.3) is 0 Å². The molecule has 0 spiro atoms. The number of hydrogen-bond acceptors (Lipinski definition) is 5. The van der Waals surface area contributed by atoms with Gasteiger partial charge in [-0.2, -0.15) is 5.26 Å². The van der Waals surface area contributed by atoms with Crippen LogP contribution in [0.4, 0.5) is 5.69 Å². The normalized spacial score (nSPS) is 18.6. The molecule has 0 aromatic heterocycles. The maximum absolute atomic E-state index is 11.0. The van der Waals surface area contributed by atoms with E-state index in [0.717, 1.165) is 10.6 Å². The van der Waals surface area contributed by atoms with Gasteiger partial charge in [-0.3, -0.25) is 4.79 Å². The number of rotatable bonds is 4. The number of hydrogen-bond donors (Lipinski definition) is 1. The third kappa shape index (κ3) is 3.06. The molecule has 0 radical (unpaired) electrons. The van der Waals surface area contributed by atoms with E-state index >= 15 is 0 Å². The third-order valence-electron chi connectivity index (χ3n) is 3.28. The fraction of sp³-hybridized carbons (Fsp3) is 0.429. The fourth-order valence-corrected chi connectivity index (χ4v) is 2.95. The smallest absolute Gasteiger partial charge is 0.305 e. The quantitative estimate of drug-likeness (QED) is 0.855. The van der Waals surface area contributed by atoms with E-state index in [1.165, 1.54) is 11.8 Å². The van der Waals surface area contributed by atoms with Gasteiger partial charge in [0, 0.05) is 11.4 Å². The number of aliphatic carboxylic acids is 1. The van der Waals surface area contributed by atoms with Crippen LogP contribution in [0.2, 0.25) is 0 Å². The van der Waals surface area contributed by atoms with Gasteiger partial charge < -0.3 is 14.7 Å². The molecule has 106 valence electrons. The van der Waals surface area contributed by atoms with Crippen molar-refractivity contribution in [2.75, 3.05) is 30.9 Å². The molecule has 0 amide bonds.